The van der Waals surface area contributed by atoms with Gasteiger partial charge in [-0.05, 0) is 56.2 Å². The zero-order valence-electron chi connectivity index (χ0n) is 13.8. The summed E-state index contributed by atoms with van der Waals surface area (Å²) in [6, 6.07) is 9.14. The van der Waals surface area contributed by atoms with E-state index in [1.54, 1.807) is 11.3 Å². The molecule has 0 aliphatic heterocycles. The summed E-state index contributed by atoms with van der Waals surface area (Å²) >= 11 is 1.71. The van der Waals surface area contributed by atoms with E-state index in [1.165, 1.54) is 34.0 Å². The molecule has 0 bridgehead atoms. The number of benzene rings is 1. The van der Waals surface area contributed by atoms with E-state index in [-0.39, 0.29) is 18.2 Å². The van der Waals surface area contributed by atoms with Gasteiger partial charge in [0, 0.05) is 16.2 Å². The van der Waals surface area contributed by atoms with Gasteiger partial charge in [0.1, 0.15) is 11.6 Å². The van der Waals surface area contributed by atoms with Crippen molar-refractivity contribution in [3.63, 3.8) is 0 Å². The summed E-state index contributed by atoms with van der Waals surface area (Å²) in [5.41, 5.74) is 0. The summed E-state index contributed by atoms with van der Waals surface area (Å²) in [4.78, 5) is 25.6. The third-order valence-corrected chi connectivity index (χ3v) is 4.54. The number of amides is 1. The first kappa shape index (κ1) is 18.9. The van der Waals surface area contributed by atoms with Crippen molar-refractivity contribution >= 4 is 23.2 Å². The summed E-state index contributed by atoms with van der Waals surface area (Å²) in [5, 5.41) is 11.8. The van der Waals surface area contributed by atoms with Crippen LogP contribution < -0.4 is 10.1 Å². The van der Waals surface area contributed by atoms with Gasteiger partial charge in [-0.2, -0.15) is 0 Å². The molecule has 134 valence electrons. The van der Waals surface area contributed by atoms with E-state index in [0.717, 1.165) is 6.42 Å². The van der Waals surface area contributed by atoms with Crippen LogP contribution in [-0.4, -0.2) is 29.6 Å². The number of ether oxygens (including phenoxy) is 1. The number of carbonyl (C=O) groups is 2. The second-order valence-corrected chi connectivity index (χ2v) is 6.94. The highest BCUT2D eigenvalue weighted by Crippen LogP contribution is 2.17. The molecule has 0 fully saturated rings. The molecule has 0 aliphatic rings. The number of thiophene rings is 1. The number of aryl methyl sites for hydroxylation is 2. The van der Waals surface area contributed by atoms with Gasteiger partial charge in [0.05, 0.1) is 6.54 Å². The van der Waals surface area contributed by atoms with Gasteiger partial charge in [0.2, 0.25) is 12.0 Å². The summed E-state index contributed by atoms with van der Waals surface area (Å²) in [6.07, 6.45) is 0.608. The van der Waals surface area contributed by atoms with Gasteiger partial charge in [-0.3, -0.25) is 4.79 Å². The monoisotopic (exact) mass is 365 g/mol. The second-order valence-electron chi connectivity index (χ2n) is 5.57. The average Bonchev–Trinajstić information content (AvgIpc) is 2.98. The minimum absolute atomic E-state index is 0.149. The minimum Gasteiger partial charge on any atom is -0.478 e. The van der Waals surface area contributed by atoms with E-state index >= 15 is 0 Å². The summed E-state index contributed by atoms with van der Waals surface area (Å²) < 4.78 is 18.1. The first-order valence-electron chi connectivity index (χ1n) is 7.91. The highest BCUT2D eigenvalue weighted by Gasteiger charge is 2.20. The number of aliphatic carboxylic acids is 1. The van der Waals surface area contributed by atoms with Crippen LogP contribution in [0.5, 0.6) is 5.75 Å². The number of nitrogens with one attached hydrogen (secondary N) is 1. The van der Waals surface area contributed by atoms with Crippen molar-refractivity contribution in [3.05, 3.63) is 52.0 Å². The average molecular weight is 365 g/mol. The van der Waals surface area contributed by atoms with Crippen LogP contribution in [0.3, 0.4) is 0 Å². The Balaban J connectivity index is 1.74. The smallest absolute Gasteiger partial charge is 0.346 e. The van der Waals surface area contributed by atoms with Crippen molar-refractivity contribution in [1.82, 2.24) is 5.32 Å². The summed E-state index contributed by atoms with van der Waals surface area (Å²) in [6.45, 7) is 1.89. The van der Waals surface area contributed by atoms with E-state index in [4.69, 9.17) is 4.74 Å². The third-order valence-electron chi connectivity index (χ3n) is 3.48. The lowest BCUT2D eigenvalue weighted by atomic mass is 10.2. The molecule has 1 unspecified atom stereocenters. The van der Waals surface area contributed by atoms with Crippen molar-refractivity contribution in [2.24, 2.45) is 0 Å². The maximum atomic E-state index is 12.9. The fourth-order valence-electron chi connectivity index (χ4n) is 2.19. The van der Waals surface area contributed by atoms with Crippen LogP contribution in [0, 0.1) is 12.7 Å². The minimum atomic E-state index is -1.23. The lowest BCUT2D eigenvalue weighted by Crippen LogP contribution is -2.40. The highest BCUT2D eigenvalue weighted by atomic mass is 32.1. The number of hydrogen-bond acceptors (Lipinski definition) is 4. The number of hydrogen-bond donors (Lipinski definition) is 2. The van der Waals surface area contributed by atoms with Crippen molar-refractivity contribution < 1.29 is 23.8 Å². The SMILES string of the molecule is Cc1ccc(CCCC(=O)NCC(Oc2ccc(F)cc2)C(=O)O)s1. The Hall–Kier alpha value is -2.41. The van der Waals surface area contributed by atoms with Gasteiger partial charge in [-0.1, -0.05) is 0 Å². The lowest BCUT2D eigenvalue weighted by molar-refractivity contribution is -0.145. The molecule has 1 aromatic heterocycles. The molecular weight excluding hydrogens is 345 g/mol. The number of carboxylic acids is 1. The number of carbonyl (C=O) groups excluding carboxylic acids is 1. The fourth-order valence-corrected chi connectivity index (χ4v) is 3.13. The molecule has 2 rings (SSSR count). The predicted molar refractivity (Wildman–Crippen MR) is 93.5 cm³/mol. The molecule has 0 spiro atoms. The normalized spacial score (nSPS) is 11.8. The first-order valence-corrected chi connectivity index (χ1v) is 8.73. The maximum absolute atomic E-state index is 12.9. The van der Waals surface area contributed by atoms with Gasteiger partial charge in [0.15, 0.2) is 0 Å². The number of rotatable bonds is 9. The van der Waals surface area contributed by atoms with Crippen LogP contribution in [0.25, 0.3) is 0 Å². The zero-order chi connectivity index (χ0) is 18.2. The van der Waals surface area contributed by atoms with Crippen molar-refractivity contribution in [3.8, 4) is 5.75 Å². The Bertz CT molecular complexity index is 714. The Morgan fingerprint density at radius 1 is 1.24 bits per heavy atom. The standard InChI is InChI=1S/C18H20FNO4S/c1-12-5-10-15(25-12)3-2-4-17(21)20-11-16(18(22)23)24-14-8-6-13(19)7-9-14/h5-10,16H,2-4,11H2,1H3,(H,20,21)(H,22,23). The van der Waals surface area contributed by atoms with Gasteiger partial charge >= 0.3 is 5.97 Å². The van der Waals surface area contributed by atoms with Gasteiger partial charge in [-0.15, -0.1) is 11.3 Å². The molecule has 7 heteroatoms. The van der Waals surface area contributed by atoms with E-state index < -0.39 is 17.9 Å². The van der Waals surface area contributed by atoms with E-state index in [1.807, 2.05) is 13.0 Å². The van der Waals surface area contributed by atoms with Crippen LogP contribution in [0.2, 0.25) is 0 Å². The molecular formula is C18H20FNO4S. The van der Waals surface area contributed by atoms with Crippen LogP contribution in [-0.2, 0) is 16.0 Å². The Labute approximate surface area is 149 Å². The summed E-state index contributed by atoms with van der Waals surface area (Å²) in [7, 11) is 0. The number of carboxylic acid groups (broad SMARTS) is 1. The topological polar surface area (TPSA) is 75.6 Å². The Morgan fingerprint density at radius 3 is 2.56 bits per heavy atom. The molecule has 25 heavy (non-hydrogen) atoms. The van der Waals surface area contributed by atoms with E-state index in [9.17, 15) is 19.1 Å². The zero-order valence-corrected chi connectivity index (χ0v) is 14.6. The highest BCUT2D eigenvalue weighted by molar-refractivity contribution is 7.11. The summed E-state index contributed by atoms with van der Waals surface area (Å²) in [5.74, 6) is -1.62. The molecule has 2 N–H and O–H groups in total. The van der Waals surface area contributed by atoms with Gasteiger partial charge in [-0.25, -0.2) is 9.18 Å². The molecule has 0 saturated carbocycles. The molecule has 0 radical (unpaired) electrons. The Morgan fingerprint density at radius 2 is 1.96 bits per heavy atom. The molecule has 0 aliphatic carbocycles. The molecule has 1 heterocycles. The van der Waals surface area contributed by atoms with E-state index in [2.05, 4.69) is 11.4 Å². The first-order chi connectivity index (χ1) is 11.9. The third kappa shape index (κ3) is 6.54. The molecule has 5 nitrogen and oxygen atoms in total. The molecule has 1 amide bonds. The largest absolute Gasteiger partial charge is 0.478 e. The molecule has 2 aromatic rings. The van der Waals surface area contributed by atoms with Crippen molar-refractivity contribution in [2.75, 3.05) is 6.54 Å². The van der Waals surface area contributed by atoms with E-state index in [0.29, 0.717) is 12.8 Å². The second kappa shape index (κ2) is 9.17. The van der Waals surface area contributed by atoms with Crippen molar-refractivity contribution in [1.29, 1.82) is 0 Å². The van der Waals surface area contributed by atoms with Crippen molar-refractivity contribution in [2.45, 2.75) is 32.3 Å². The Kier molecular flexibility index (Phi) is 6.94. The maximum Gasteiger partial charge on any atom is 0.346 e. The lowest BCUT2D eigenvalue weighted by Gasteiger charge is -2.15. The van der Waals surface area contributed by atoms with Gasteiger partial charge < -0.3 is 15.2 Å². The van der Waals surface area contributed by atoms with Gasteiger partial charge in [0.25, 0.3) is 0 Å². The van der Waals surface area contributed by atoms with Crippen LogP contribution in [0.1, 0.15) is 22.6 Å². The molecule has 1 atom stereocenters. The fraction of sp³-hybridized carbons (Fsp3) is 0.333. The van der Waals surface area contributed by atoms with Crippen LogP contribution >= 0.6 is 11.3 Å². The van der Waals surface area contributed by atoms with Crippen LogP contribution in [0.4, 0.5) is 4.39 Å². The number of halogens is 1. The predicted octanol–water partition coefficient (Wildman–Crippen LogP) is 3.17. The van der Waals surface area contributed by atoms with Crippen LogP contribution in [0.15, 0.2) is 36.4 Å². The quantitative estimate of drug-likeness (QED) is 0.716. The molecule has 1 aromatic carbocycles. The molecule has 0 saturated heterocycles.